The van der Waals surface area contributed by atoms with E-state index in [0.29, 0.717) is 22.2 Å². The molecule has 0 heterocycles. The van der Waals surface area contributed by atoms with Crippen molar-refractivity contribution in [1.82, 2.24) is 10.2 Å². The molecule has 0 bridgehead atoms. The Balaban J connectivity index is 1.83. The van der Waals surface area contributed by atoms with Crippen molar-refractivity contribution >= 4 is 62.7 Å². The van der Waals surface area contributed by atoms with Gasteiger partial charge >= 0.3 is 0 Å². The number of amides is 2. The van der Waals surface area contributed by atoms with Gasteiger partial charge in [0.1, 0.15) is 6.04 Å². The van der Waals surface area contributed by atoms with Crippen LogP contribution in [0, 0.1) is 0 Å². The molecule has 1 atom stereocenters. The van der Waals surface area contributed by atoms with Crippen molar-refractivity contribution in [3.8, 4) is 0 Å². The normalized spacial score (nSPS) is 11.6. The fourth-order valence-corrected chi connectivity index (χ4v) is 5.08. The van der Waals surface area contributed by atoms with Gasteiger partial charge in [0.25, 0.3) is 0 Å². The molecule has 0 spiro atoms. The summed E-state index contributed by atoms with van der Waals surface area (Å²) in [4.78, 5) is 28.0. The number of hydrogen-bond acceptors (Lipinski definition) is 3. The highest BCUT2D eigenvalue weighted by molar-refractivity contribution is 9.10. The number of likely N-dealkylation sites (N-methyl/N-ethyl adjacent to an activating group) is 1. The second kappa shape index (κ2) is 13.2. The summed E-state index contributed by atoms with van der Waals surface area (Å²) in [5.74, 6) is 0.583. The van der Waals surface area contributed by atoms with Crippen molar-refractivity contribution in [2.75, 3.05) is 12.8 Å². The minimum Gasteiger partial charge on any atom is -0.357 e. The summed E-state index contributed by atoms with van der Waals surface area (Å²) in [5.41, 5.74) is 2.83. The number of nitrogens with zero attached hydrogens (tertiary/aromatic N) is 1. The third-order valence-corrected chi connectivity index (χ3v) is 7.38. The van der Waals surface area contributed by atoms with Crippen LogP contribution in [0.1, 0.15) is 16.7 Å². The van der Waals surface area contributed by atoms with Crippen LogP contribution in [0.3, 0.4) is 0 Å². The lowest BCUT2D eigenvalue weighted by atomic mass is 10.0. The molecule has 0 aromatic heterocycles. The molecule has 0 radical (unpaired) electrons. The minimum absolute atomic E-state index is 0.127. The second-order valence-electron chi connectivity index (χ2n) is 7.70. The average molecular weight is 580 g/mol. The molecule has 3 aromatic rings. The highest BCUT2D eigenvalue weighted by atomic mass is 79.9. The second-order valence-corrected chi connectivity index (χ2v) is 10.4. The fraction of sp³-hybridized carbons (Fsp3) is 0.231. The molecule has 34 heavy (non-hydrogen) atoms. The zero-order valence-electron chi connectivity index (χ0n) is 18.6. The molecule has 0 saturated heterocycles. The standard InChI is InChI=1S/C26H25BrCl2N2O2S/c1-30-26(33)24(13-18-5-3-2-4-6-18)31(15-20-9-12-22(28)14-23(20)29)25(32)17-34-16-19-7-10-21(27)11-8-19/h2-12,14,24H,13,15-17H2,1H3,(H,30,33)/t24-/m0/s1. The topological polar surface area (TPSA) is 49.4 Å². The number of nitrogens with one attached hydrogen (secondary N) is 1. The van der Waals surface area contributed by atoms with Crippen LogP contribution in [0.25, 0.3) is 0 Å². The van der Waals surface area contributed by atoms with E-state index in [1.54, 1.807) is 30.1 Å². The first-order valence-corrected chi connectivity index (χ1v) is 13.4. The molecule has 8 heteroatoms. The Kier molecular flexibility index (Phi) is 10.3. The number of carbonyl (C=O) groups excluding carboxylic acids is 2. The molecule has 3 aromatic carbocycles. The molecule has 1 N–H and O–H groups in total. The predicted octanol–water partition coefficient (Wildman–Crippen LogP) is 6.38. The summed E-state index contributed by atoms with van der Waals surface area (Å²) in [6, 6.07) is 22.2. The Bertz CT molecular complexity index is 1110. The minimum atomic E-state index is -0.681. The van der Waals surface area contributed by atoms with Crippen LogP contribution in [0.5, 0.6) is 0 Å². The van der Waals surface area contributed by atoms with Gasteiger partial charge in [0, 0.05) is 40.3 Å². The molecule has 0 unspecified atom stereocenters. The van der Waals surface area contributed by atoms with Crippen LogP contribution in [-0.4, -0.2) is 35.6 Å². The number of thioether (sulfide) groups is 1. The molecule has 0 aliphatic rings. The average Bonchev–Trinajstić information content (AvgIpc) is 2.83. The predicted molar refractivity (Wildman–Crippen MR) is 145 cm³/mol. The monoisotopic (exact) mass is 578 g/mol. The summed E-state index contributed by atoms with van der Waals surface area (Å²) in [6.45, 7) is 0.207. The van der Waals surface area contributed by atoms with E-state index in [1.807, 2.05) is 54.6 Å². The third kappa shape index (κ3) is 7.77. The number of hydrogen-bond donors (Lipinski definition) is 1. The Morgan fingerprint density at radius 1 is 1.00 bits per heavy atom. The summed E-state index contributed by atoms with van der Waals surface area (Å²) in [6.07, 6.45) is 0.398. The van der Waals surface area contributed by atoms with Gasteiger partial charge in [0.05, 0.1) is 5.75 Å². The molecule has 4 nitrogen and oxygen atoms in total. The van der Waals surface area contributed by atoms with E-state index < -0.39 is 6.04 Å². The van der Waals surface area contributed by atoms with E-state index in [4.69, 9.17) is 23.2 Å². The van der Waals surface area contributed by atoms with Crippen molar-refractivity contribution in [3.63, 3.8) is 0 Å². The molecule has 178 valence electrons. The first-order chi connectivity index (χ1) is 16.4. The lowest BCUT2D eigenvalue weighted by Crippen LogP contribution is -2.50. The van der Waals surface area contributed by atoms with Crippen LogP contribution in [0.4, 0.5) is 0 Å². The highest BCUT2D eigenvalue weighted by Gasteiger charge is 2.30. The van der Waals surface area contributed by atoms with Gasteiger partial charge in [-0.1, -0.05) is 87.7 Å². The lowest BCUT2D eigenvalue weighted by molar-refractivity contribution is -0.139. The molecule has 0 aliphatic carbocycles. The van der Waals surface area contributed by atoms with Gasteiger partial charge in [-0.3, -0.25) is 9.59 Å². The fourth-order valence-electron chi connectivity index (χ4n) is 3.47. The van der Waals surface area contributed by atoms with Gasteiger partial charge in [-0.2, -0.15) is 0 Å². The van der Waals surface area contributed by atoms with Crippen LogP contribution in [0.15, 0.2) is 77.3 Å². The van der Waals surface area contributed by atoms with Crippen molar-refractivity contribution in [2.24, 2.45) is 0 Å². The molecule has 2 amide bonds. The maximum absolute atomic E-state index is 13.5. The first-order valence-electron chi connectivity index (χ1n) is 10.7. The Morgan fingerprint density at radius 3 is 2.35 bits per heavy atom. The summed E-state index contributed by atoms with van der Waals surface area (Å²) >= 11 is 17.4. The molecule has 0 saturated carbocycles. The van der Waals surface area contributed by atoms with E-state index in [0.717, 1.165) is 21.2 Å². The maximum Gasteiger partial charge on any atom is 0.242 e. The number of rotatable bonds is 10. The van der Waals surface area contributed by atoms with Crippen LogP contribution in [0.2, 0.25) is 10.0 Å². The van der Waals surface area contributed by atoms with Gasteiger partial charge in [-0.25, -0.2) is 0 Å². The van der Waals surface area contributed by atoms with Gasteiger partial charge in [-0.05, 0) is 41.0 Å². The number of benzene rings is 3. The zero-order valence-corrected chi connectivity index (χ0v) is 22.6. The Hall–Kier alpha value is -1.99. The molecule has 3 rings (SSSR count). The zero-order chi connectivity index (χ0) is 24.5. The Morgan fingerprint density at radius 2 is 1.71 bits per heavy atom. The SMILES string of the molecule is CNC(=O)[C@H](Cc1ccccc1)N(Cc1ccc(Cl)cc1Cl)C(=O)CSCc1ccc(Br)cc1. The third-order valence-electron chi connectivity index (χ3n) is 5.28. The van der Waals surface area contributed by atoms with E-state index in [9.17, 15) is 9.59 Å². The summed E-state index contributed by atoms with van der Waals surface area (Å²) in [7, 11) is 1.58. The smallest absolute Gasteiger partial charge is 0.242 e. The largest absolute Gasteiger partial charge is 0.357 e. The summed E-state index contributed by atoms with van der Waals surface area (Å²) in [5, 5.41) is 3.70. The first kappa shape index (κ1) is 26.6. The van der Waals surface area contributed by atoms with Gasteiger partial charge < -0.3 is 10.2 Å². The van der Waals surface area contributed by atoms with Gasteiger partial charge in [0.15, 0.2) is 0 Å². The summed E-state index contributed by atoms with van der Waals surface area (Å²) < 4.78 is 1.01. The number of halogens is 3. The van der Waals surface area contributed by atoms with E-state index >= 15 is 0 Å². The van der Waals surface area contributed by atoms with Crippen molar-refractivity contribution < 1.29 is 9.59 Å². The molecular formula is C26H25BrCl2N2O2S. The molecule has 0 aliphatic heterocycles. The molecular weight excluding hydrogens is 555 g/mol. The van der Waals surface area contributed by atoms with Crippen molar-refractivity contribution in [2.45, 2.75) is 24.8 Å². The van der Waals surface area contributed by atoms with Crippen molar-refractivity contribution in [1.29, 1.82) is 0 Å². The van der Waals surface area contributed by atoms with E-state index in [2.05, 4.69) is 21.2 Å². The highest BCUT2D eigenvalue weighted by Crippen LogP contribution is 2.25. The van der Waals surface area contributed by atoms with Gasteiger partial charge in [-0.15, -0.1) is 11.8 Å². The number of carbonyl (C=O) groups is 2. The van der Waals surface area contributed by atoms with E-state index in [1.165, 1.54) is 11.8 Å². The lowest BCUT2D eigenvalue weighted by Gasteiger charge is -2.31. The Labute approximate surface area is 223 Å². The van der Waals surface area contributed by atoms with Crippen molar-refractivity contribution in [3.05, 3.63) is 104 Å². The maximum atomic E-state index is 13.5. The quantitative estimate of drug-likeness (QED) is 0.303. The van der Waals surface area contributed by atoms with Crippen LogP contribution in [-0.2, 0) is 28.3 Å². The van der Waals surface area contributed by atoms with Gasteiger partial charge in [0.2, 0.25) is 11.8 Å². The van der Waals surface area contributed by atoms with E-state index in [-0.39, 0.29) is 24.1 Å². The van der Waals surface area contributed by atoms with Crippen LogP contribution >= 0.6 is 50.9 Å². The molecule has 0 fully saturated rings. The van der Waals surface area contributed by atoms with Crippen LogP contribution < -0.4 is 5.32 Å².